The second kappa shape index (κ2) is 9.88. The fourth-order valence-electron chi connectivity index (χ4n) is 3.98. The third-order valence-electron chi connectivity index (χ3n) is 5.53. The second-order valence-electron chi connectivity index (χ2n) is 9.38. The van der Waals surface area contributed by atoms with E-state index in [4.69, 9.17) is 10.00 Å². The first-order valence-electron chi connectivity index (χ1n) is 11.3. The second-order valence-corrected chi connectivity index (χ2v) is 10.4. The van der Waals surface area contributed by atoms with Crippen molar-refractivity contribution in [2.45, 2.75) is 45.3 Å². The number of benzene rings is 1. The van der Waals surface area contributed by atoms with Crippen LogP contribution >= 0.6 is 11.3 Å². The van der Waals surface area contributed by atoms with Gasteiger partial charge in [0.25, 0.3) is 5.91 Å². The first-order valence-corrected chi connectivity index (χ1v) is 12.1. The lowest BCUT2D eigenvalue weighted by Crippen LogP contribution is -2.50. The van der Waals surface area contributed by atoms with Crippen LogP contribution in [0.3, 0.4) is 0 Å². The number of amides is 2. The number of thiophene rings is 1. The van der Waals surface area contributed by atoms with Crippen molar-refractivity contribution in [3.05, 3.63) is 52.9 Å². The van der Waals surface area contributed by atoms with Crippen LogP contribution in [0.5, 0.6) is 0 Å². The van der Waals surface area contributed by atoms with Crippen molar-refractivity contribution in [3.8, 4) is 27.6 Å². The monoisotopic (exact) mass is 495 g/mol. The number of likely N-dealkylation sites (tertiary alicyclic amines) is 1. The molecule has 3 aromatic rings. The minimum absolute atomic E-state index is 0.0398. The highest BCUT2D eigenvalue weighted by Gasteiger charge is 2.29. The molecule has 4 rings (SSSR count). The normalized spacial score (nSPS) is 16.0. The van der Waals surface area contributed by atoms with Gasteiger partial charge in [-0.25, -0.2) is 9.18 Å². The molecule has 10 heteroatoms. The third kappa shape index (κ3) is 5.69. The molecule has 1 aliphatic rings. The van der Waals surface area contributed by atoms with Crippen LogP contribution in [0.4, 0.5) is 9.18 Å². The number of halogens is 1. The van der Waals surface area contributed by atoms with Gasteiger partial charge >= 0.3 is 6.09 Å². The molecular weight excluding hydrogens is 469 g/mol. The van der Waals surface area contributed by atoms with Gasteiger partial charge in [-0.15, -0.1) is 11.3 Å². The summed E-state index contributed by atoms with van der Waals surface area (Å²) in [5.74, 6) is -0.773. The zero-order valence-electron chi connectivity index (χ0n) is 19.7. The van der Waals surface area contributed by atoms with E-state index < -0.39 is 17.5 Å². The van der Waals surface area contributed by atoms with Crippen molar-refractivity contribution in [2.24, 2.45) is 0 Å². The molecule has 0 unspecified atom stereocenters. The van der Waals surface area contributed by atoms with E-state index in [2.05, 4.69) is 15.5 Å². The molecule has 8 nitrogen and oxygen atoms in total. The first-order chi connectivity index (χ1) is 16.6. The van der Waals surface area contributed by atoms with Crippen molar-refractivity contribution < 1.29 is 18.7 Å². The Labute approximate surface area is 206 Å². The van der Waals surface area contributed by atoms with Crippen molar-refractivity contribution in [1.82, 2.24) is 20.4 Å². The predicted octanol–water partition coefficient (Wildman–Crippen LogP) is 4.95. The summed E-state index contributed by atoms with van der Waals surface area (Å²) in [5, 5.41) is 18.7. The van der Waals surface area contributed by atoms with E-state index >= 15 is 0 Å². The van der Waals surface area contributed by atoms with Gasteiger partial charge in [0, 0.05) is 41.3 Å². The summed E-state index contributed by atoms with van der Waals surface area (Å²) in [7, 11) is 0. The minimum atomic E-state index is -0.616. The third-order valence-corrected chi connectivity index (χ3v) is 6.71. The molecule has 1 aliphatic heterocycles. The van der Waals surface area contributed by atoms with Gasteiger partial charge in [-0.2, -0.15) is 10.4 Å². The summed E-state index contributed by atoms with van der Waals surface area (Å²) in [4.78, 5) is 28.6. The Bertz CT molecular complexity index is 1270. The SMILES string of the molecule is CC(C)(C)OC(=O)N[C@@H]1CCCN(C(=O)c2cc(-c3ccc(C#N)c(F)c3)c(-c3cn[nH]c3)s2)C1. The lowest BCUT2D eigenvalue weighted by atomic mass is 10.0. The van der Waals surface area contributed by atoms with Crippen molar-refractivity contribution >= 4 is 23.3 Å². The number of hydrogen-bond acceptors (Lipinski definition) is 6. The molecular formula is C25H26FN5O3S. The van der Waals surface area contributed by atoms with E-state index in [-0.39, 0.29) is 17.5 Å². The van der Waals surface area contributed by atoms with E-state index in [1.54, 1.807) is 50.2 Å². The Balaban J connectivity index is 1.58. The smallest absolute Gasteiger partial charge is 0.407 e. The quantitative estimate of drug-likeness (QED) is 0.532. The molecule has 0 saturated carbocycles. The molecule has 35 heavy (non-hydrogen) atoms. The standard InChI is InChI=1S/C25H26FN5O3S/c1-25(2,3)34-24(33)30-18-5-4-8-31(14-18)23(32)21-10-19(22(35-21)17-12-28-29-13-17)15-6-7-16(11-27)20(26)9-15/h6-7,9-10,12-13,18H,4-5,8,14H2,1-3H3,(H,28,29)(H,30,33)/t18-/m1/s1. The molecule has 1 saturated heterocycles. The van der Waals surface area contributed by atoms with Gasteiger partial charge in [0.05, 0.1) is 16.6 Å². The van der Waals surface area contributed by atoms with Crippen LogP contribution in [0.15, 0.2) is 36.7 Å². The highest BCUT2D eigenvalue weighted by molar-refractivity contribution is 7.18. The fraction of sp³-hybridized carbons (Fsp3) is 0.360. The summed E-state index contributed by atoms with van der Waals surface area (Å²) in [5.41, 5.74) is 1.38. The molecule has 0 radical (unpaired) electrons. The molecule has 3 heterocycles. The Morgan fingerprint density at radius 1 is 1.31 bits per heavy atom. The van der Waals surface area contributed by atoms with Crippen LogP contribution in [0.25, 0.3) is 21.6 Å². The van der Waals surface area contributed by atoms with Crippen LogP contribution in [0.2, 0.25) is 0 Å². The van der Waals surface area contributed by atoms with E-state index in [0.717, 1.165) is 23.3 Å². The van der Waals surface area contributed by atoms with Gasteiger partial charge in [0.1, 0.15) is 17.5 Å². The molecule has 1 aromatic carbocycles. The number of nitrogens with one attached hydrogen (secondary N) is 2. The zero-order valence-corrected chi connectivity index (χ0v) is 20.5. The number of aromatic nitrogens is 2. The molecule has 2 amide bonds. The van der Waals surface area contributed by atoms with Gasteiger partial charge in [-0.05, 0) is 57.4 Å². The summed E-state index contributed by atoms with van der Waals surface area (Å²) in [6.45, 7) is 6.35. The number of hydrogen-bond donors (Lipinski definition) is 2. The van der Waals surface area contributed by atoms with Gasteiger partial charge < -0.3 is 15.0 Å². The van der Waals surface area contributed by atoms with Gasteiger partial charge in [-0.3, -0.25) is 9.89 Å². The molecule has 0 spiro atoms. The highest BCUT2D eigenvalue weighted by Crippen LogP contribution is 2.40. The van der Waals surface area contributed by atoms with Crippen molar-refractivity contribution in [2.75, 3.05) is 13.1 Å². The Hall–Kier alpha value is -3.71. The number of H-pyrrole nitrogens is 1. The maximum Gasteiger partial charge on any atom is 0.407 e. The molecule has 182 valence electrons. The zero-order chi connectivity index (χ0) is 25.2. The topological polar surface area (TPSA) is 111 Å². The van der Waals surface area contributed by atoms with Crippen LogP contribution in [0.1, 0.15) is 48.8 Å². The van der Waals surface area contributed by atoms with E-state index in [1.165, 1.54) is 23.5 Å². The predicted molar refractivity (Wildman–Crippen MR) is 130 cm³/mol. The summed E-state index contributed by atoms with van der Waals surface area (Å²) in [6, 6.07) is 7.78. The summed E-state index contributed by atoms with van der Waals surface area (Å²) >= 11 is 1.30. The van der Waals surface area contributed by atoms with Gasteiger partial charge in [0.2, 0.25) is 0 Å². The Morgan fingerprint density at radius 2 is 2.11 bits per heavy atom. The lowest BCUT2D eigenvalue weighted by Gasteiger charge is -2.33. The van der Waals surface area contributed by atoms with Crippen molar-refractivity contribution in [3.63, 3.8) is 0 Å². The number of ether oxygens (including phenoxy) is 1. The largest absolute Gasteiger partial charge is 0.444 e. The molecule has 0 bridgehead atoms. The lowest BCUT2D eigenvalue weighted by molar-refractivity contribution is 0.0453. The number of carbonyl (C=O) groups excluding carboxylic acids is 2. The number of aromatic amines is 1. The van der Waals surface area contributed by atoms with E-state index in [1.807, 2.05) is 6.07 Å². The van der Waals surface area contributed by atoms with Gasteiger partial charge in [0.15, 0.2) is 0 Å². The van der Waals surface area contributed by atoms with Crippen LogP contribution in [-0.4, -0.2) is 51.8 Å². The Kier molecular flexibility index (Phi) is 6.89. The van der Waals surface area contributed by atoms with E-state index in [0.29, 0.717) is 29.1 Å². The number of nitriles is 1. The average molecular weight is 496 g/mol. The summed E-state index contributed by atoms with van der Waals surface area (Å²) in [6.07, 6.45) is 4.36. The van der Waals surface area contributed by atoms with E-state index in [9.17, 15) is 14.0 Å². The molecule has 0 aliphatic carbocycles. The van der Waals surface area contributed by atoms with Crippen LogP contribution in [-0.2, 0) is 4.74 Å². The molecule has 1 atom stereocenters. The van der Waals surface area contributed by atoms with Gasteiger partial charge in [-0.1, -0.05) is 6.07 Å². The average Bonchev–Trinajstić information content (AvgIpc) is 3.47. The maximum atomic E-state index is 14.4. The number of alkyl carbamates (subject to hydrolysis) is 1. The molecule has 2 N–H and O–H groups in total. The van der Waals surface area contributed by atoms with Crippen LogP contribution in [0, 0.1) is 17.1 Å². The molecule has 1 fully saturated rings. The fourth-order valence-corrected chi connectivity index (χ4v) is 5.11. The minimum Gasteiger partial charge on any atom is -0.444 e. The number of nitrogens with zero attached hydrogens (tertiary/aromatic N) is 3. The highest BCUT2D eigenvalue weighted by atomic mass is 32.1. The first kappa shape index (κ1) is 24.4. The number of rotatable bonds is 4. The Morgan fingerprint density at radius 3 is 2.77 bits per heavy atom. The molecule has 2 aromatic heterocycles. The number of piperidine rings is 1. The number of carbonyl (C=O) groups is 2. The maximum absolute atomic E-state index is 14.4. The van der Waals surface area contributed by atoms with Crippen molar-refractivity contribution in [1.29, 1.82) is 5.26 Å². The van der Waals surface area contributed by atoms with Crippen LogP contribution < -0.4 is 5.32 Å². The summed E-state index contributed by atoms with van der Waals surface area (Å²) < 4.78 is 19.7.